The molecule has 6 heteroatoms. The van der Waals surface area contributed by atoms with Crippen molar-refractivity contribution < 1.29 is 29.7 Å². The maximum absolute atomic E-state index is 12.7. The number of hydrogen-bond donors (Lipinski definition) is 3. The molecule has 0 aromatic heterocycles. The van der Waals surface area contributed by atoms with E-state index in [2.05, 4.69) is 6.92 Å². The van der Waals surface area contributed by atoms with Gasteiger partial charge in [-0.3, -0.25) is 14.4 Å². The van der Waals surface area contributed by atoms with E-state index in [1.54, 1.807) is 33.8 Å². The van der Waals surface area contributed by atoms with Gasteiger partial charge in [0.1, 0.15) is 5.78 Å². The molecule has 3 N–H and O–H groups in total. The van der Waals surface area contributed by atoms with Crippen molar-refractivity contribution in [3.05, 3.63) is 34.4 Å². The minimum absolute atomic E-state index is 0.0389. The van der Waals surface area contributed by atoms with Crippen LogP contribution < -0.4 is 0 Å². The molecule has 3 atom stereocenters. The predicted octanol–water partition coefficient (Wildman–Crippen LogP) is 7.68. The summed E-state index contributed by atoms with van der Waals surface area (Å²) in [6.07, 6.45) is 20.1. The van der Waals surface area contributed by atoms with Gasteiger partial charge in [-0.05, 0) is 59.8 Å². The van der Waals surface area contributed by atoms with Crippen LogP contribution in [0.5, 0.6) is 0 Å². The van der Waals surface area contributed by atoms with Crippen LogP contribution in [-0.4, -0.2) is 51.0 Å². The lowest BCUT2D eigenvalue weighted by atomic mass is 9.81. The smallest absolute Gasteiger partial charge is 0.185 e. The van der Waals surface area contributed by atoms with Gasteiger partial charge in [-0.25, -0.2) is 0 Å². The first-order valence-electron chi connectivity index (χ1n) is 16.6. The van der Waals surface area contributed by atoms with Crippen molar-refractivity contribution in [1.82, 2.24) is 0 Å². The Bertz CT molecular complexity index is 939. The first kappa shape index (κ1) is 38.1. The number of carbonyl (C=O) groups is 3. The summed E-state index contributed by atoms with van der Waals surface area (Å²) in [5.41, 5.74) is 0.610. The van der Waals surface area contributed by atoms with Crippen molar-refractivity contribution in [2.24, 2.45) is 5.92 Å². The Labute approximate surface area is 255 Å². The molecule has 0 spiro atoms. The molecule has 240 valence electrons. The van der Waals surface area contributed by atoms with Crippen LogP contribution in [-0.2, 0) is 14.4 Å². The van der Waals surface area contributed by atoms with Crippen LogP contribution in [0, 0.1) is 5.92 Å². The Morgan fingerprint density at radius 3 is 1.88 bits per heavy atom. The summed E-state index contributed by atoms with van der Waals surface area (Å²) >= 11 is 0. The molecule has 0 amide bonds. The van der Waals surface area contributed by atoms with E-state index in [-0.39, 0.29) is 56.1 Å². The summed E-state index contributed by atoms with van der Waals surface area (Å²) in [5, 5.41) is 31.1. The van der Waals surface area contributed by atoms with Gasteiger partial charge in [0.2, 0.25) is 0 Å². The third-order valence-corrected chi connectivity index (χ3v) is 8.93. The van der Waals surface area contributed by atoms with Gasteiger partial charge in [0, 0.05) is 47.7 Å². The fraction of sp³-hybridized carbons (Fsp3) is 0.750. The maximum Gasteiger partial charge on any atom is 0.185 e. The number of unbranched alkanes of at least 4 members (excludes halogenated alkanes) is 12. The van der Waals surface area contributed by atoms with Crippen LogP contribution in [0.1, 0.15) is 150 Å². The van der Waals surface area contributed by atoms with E-state index >= 15 is 0 Å². The van der Waals surface area contributed by atoms with Gasteiger partial charge >= 0.3 is 0 Å². The summed E-state index contributed by atoms with van der Waals surface area (Å²) in [5.74, 6) is -0.981. The molecule has 1 aliphatic carbocycles. The lowest BCUT2D eigenvalue weighted by Gasteiger charge is -2.26. The number of Topliss-reactive ketones (excluding diaryl/α,β-unsaturated/α-hetero) is 3. The summed E-state index contributed by atoms with van der Waals surface area (Å²) < 4.78 is 0. The Morgan fingerprint density at radius 1 is 0.810 bits per heavy atom. The minimum atomic E-state index is -1.18. The standard InChI is InChI=1S/C36H60O6/c1-6-7-8-9-10-11-12-13-14-15-16-17-18-19-20-33(39)30(26-37)25-31(38)21-23-36(5,42)24-22-32-29(4)34(40)27(2)28(3)35(32)41/h19-20,30,33,37,39,42H,6-18,21-26H2,1-5H3/b20-19+/t30-,33+,36?/m0/s1. The fourth-order valence-corrected chi connectivity index (χ4v) is 5.57. The zero-order chi connectivity index (χ0) is 31.5. The summed E-state index contributed by atoms with van der Waals surface area (Å²) in [7, 11) is 0. The molecule has 1 aliphatic rings. The predicted molar refractivity (Wildman–Crippen MR) is 171 cm³/mol. The molecule has 0 bridgehead atoms. The quantitative estimate of drug-likeness (QED) is 0.0606. The first-order chi connectivity index (χ1) is 19.9. The summed E-state index contributed by atoms with van der Waals surface area (Å²) in [6.45, 7) is 8.56. The van der Waals surface area contributed by atoms with Crippen LogP contribution in [0.3, 0.4) is 0 Å². The molecule has 0 radical (unpaired) electrons. The summed E-state index contributed by atoms with van der Waals surface area (Å²) in [6, 6.07) is 0. The minimum Gasteiger partial charge on any atom is -0.396 e. The molecule has 6 nitrogen and oxygen atoms in total. The zero-order valence-corrected chi connectivity index (χ0v) is 27.3. The largest absolute Gasteiger partial charge is 0.396 e. The number of ketones is 3. The fourth-order valence-electron chi connectivity index (χ4n) is 5.57. The van der Waals surface area contributed by atoms with Crippen molar-refractivity contribution >= 4 is 17.3 Å². The van der Waals surface area contributed by atoms with E-state index in [0.717, 1.165) is 12.8 Å². The number of rotatable bonds is 24. The normalized spacial score (nSPS) is 17.3. The molecule has 0 fully saturated rings. The average Bonchev–Trinajstić information content (AvgIpc) is 2.96. The number of aliphatic hydroxyl groups excluding tert-OH is 2. The molecule has 0 saturated carbocycles. The first-order valence-corrected chi connectivity index (χ1v) is 16.6. The summed E-state index contributed by atoms with van der Waals surface area (Å²) in [4.78, 5) is 37.7. The maximum atomic E-state index is 12.7. The number of carbonyl (C=O) groups excluding carboxylic acids is 3. The molecule has 0 aliphatic heterocycles. The SMILES string of the molecule is CCCCCCCCCCCCCC/C=C/[C@@H](O)[C@H](CO)CC(=O)CCC(C)(O)CCC1=C(C)C(=O)C(C)=C(C)C1=O. The van der Waals surface area contributed by atoms with Crippen molar-refractivity contribution in [2.45, 2.75) is 162 Å². The molecular weight excluding hydrogens is 528 g/mol. The molecule has 1 unspecified atom stereocenters. The molecule has 0 aromatic carbocycles. The third kappa shape index (κ3) is 14.5. The Kier molecular flexibility index (Phi) is 19.0. The topological polar surface area (TPSA) is 112 Å². The van der Waals surface area contributed by atoms with Crippen LogP contribution in [0.4, 0.5) is 0 Å². The van der Waals surface area contributed by atoms with Gasteiger partial charge in [-0.1, -0.05) is 89.7 Å². The highest BCUT2D eigenvalue weighted by molar-refractivity contribution is 6.24. The Morgan fingerprint density at radius 2 is 1.33 bits per heavy atom. The molecule has 0 saturated heterocycles. The zero-order valence-electron chi connectivity index (χ0n) is 27.3. The molecule has 0 heterocycles. The monoisotopic (exact) mass is 588 g/mol. The van der Waals surface area contributed by atoms with Crippen LogP contribution in [0.15, 0.2) is 34.4 Å². The molecule has 0 aromatic rings. The van der Waals surface area contributed by atoms with Crippen molar-refractivity contribution in [3.8, 4) is 0 Å². The second-order valence-corrected chi connectivity index (χ2v) is 12.8. The van der Waals surface area contributed by atoms with Crippen LogP contribution >= 0.6 is 0 Å². The lowest BCUT2D eigenvalue weighted by molar-refractivity contribution is -0.122. The third-order valence-electron chi connectivity index (χ3n) is 8.93. The molecule has 1 rings (SSSR count). The van der Waals surface area contributed by atoms with Gasteiger partial charge in [-0.2, -0.15) is 0 Å². The molecule has 42 heavy (non-hydrogen) atoms. The second kappa shape index (κ2) is 20.9. The Hall–Kier alpha value is -1.89. The van der Waals surface area contributed by atoms with Crippen molar-refractivity contribution in [1.29, 1.82) is 0 Å². The number of hydrogen-bond acceptors (Lipinski definition) is 6. The van der Waals surface area contributed by atoms with E-state index in [9.17, 15) is 29.7 Å². The van der Waals surface area contributed by atoms with Crippen LogP contribution in [0.2, 0.25) is 0 Å². The van der Waals surface area contributed by atoms with Gasteiger partial charge in [0.05, 0.1) is 11.7 Å². The number of aliphatic hydroxyl groups is 3. The van der Waals surface area contributed by atoms with E-state index in [4.69, 9.17) is 0 Å². The van der Waals surface area contributed by atoms with Gasteiger partial charge in [0.15, 0.2) is 11.6 Å². The van der Waals surface area contributed by atoms with E-state index < -0.39 is 17.6 Å². The second-order valence-electron chi connectivity index (χ2n) is 12.8. The van der Waals surface area contributed by atoms with Crippen molar-refractivity contribution in [2.75, 3.05) is 6.61 Å². The van der Waals surface area contributed by atoms with E-state index in [0.29, 0.717) is 22.3 Å². The van der Waals surface area contributed by atoms with Crippen molar-refractivity contribution in [3.63, 3.8) is 0 Å². The lowest BCUT2D eigenvalue weighted by Crippen LogP contribution is -2.29. The number of allylic oxidation sites excluding steroid dienone is 5. The Balaban J connectivity index is 2.29. The highest BCUT2D eigenvalue weighted by Crippen LogP contribution is 2.30. The van der Waals surface area contributed by atoms with E-state index in [1.165, 1.54) is 70.6 Å². The highest BCUT2D eigenvalue weighted by atomic mass is 16.3. The van der Waals surface area contributed by atoms with Gasteiger partial charge < -0.3 is 15.3 Å². The highest BCUT2D eigenvalue weighted by Gasteiger charge is 2.30. The van der Waals surface area contributed by atoms with Gasteiger partial charge in [-0.15, -0.1) is 0 Å². The van der Waals surface area contributed by atoms with E-state index in [1.807, 2.05) is 6.08 Å². The van der Waals surface area contributed by atoms with Gasteiger partial charge in [0.25, 0.3) is 0 Å². The average molecular weight is 589 g/mol. The molecular formula is C36H60O6. The van der Waals surface area contributed by atoms with Crippen LogP contribution in [0.25, 0.3) is 0 Å².